The first-order valence-electron chi connectivity index (χ1n) is 11.1. The van der Waals surface area contributed by atoms with E-state index < -0.39 is 33.9 Å². The smallest absolute Gasteiger partial charge is 0.326 e. The molecule has 0 aliphatic carbocycles. The van der Waals surface area contributed by atoms with Gasteiger partial charge in [-0.3, -0.25) is 4.79 Å². The molecule has 7 nitrogen and oxygen atoms in total. The number of aliphatic carboxylic acids is 1. The number of carbonyl (C=O) groups excluding carboxylic acids is 1. The van der Waals surface area contributed by atoms with Gasteiger partial charge in [0.25, 0.3) is 5.91 Å². The number of hydrogen-bond donors (Lipinski definition) is 3. The third-order valence-corrected chi connectivity index (χ3v) is 7.58. The van der Waals surface area contributed by atoms with Crippen molar-refractivity contribution in [1.82, 2.24) is 5.32 Å². The molecule has 0 bridgehead atoms. The van der Waals surface area contributed by atoms with Crippen LogP contribution in [-0.2, 0) is 27.5 Å². The Morgan fingerprint density at radius 3 is 2.19 bits per heavy atom. The van der Waals surface area contributed by atoms with E-state index in [1.807, 2.05) is 0 Å². The Balaban J connectivity index is 1.72. The van der Waals surface area contributed by atoms with Gasteiger partial charge in [-0.1, -0.05) is 59.1 Å². The van der Waals surface area contributed by atoms with Crippen LogP contribution in [0.4, 0.5) is 0 Å². The fraction of sp³-hybridized carbons (Fsp3) is 0.231. The number of carboxylic acids is 1. The summed E-state index contributed by atoms with van der Waals surface area (Å²) in [5.41, 5.74) is 1.68. The minimum Gasteiger partial charge on any atom is -0.480 e. The van der Waals surface area contributed by atoms with Gasteiger partial charge in [-0.25, -0.2) is 13.2 Å². The second kappa shape index (κ2) is 12.3. The van der Waals surface area contributed by atoms with Gasteiger partial charge in [0.2, 0.25) is 0 Å². The van der Waals surface area contributed by atoms with Crippen LogP contribution in [0.5, 0.6) is 0 Å². The van der Waals surface area contributed by atoms with Gasteiger partial charge in [0.1, 0.15) is 6.04 Å². The lowest BCUT2D eigenvalue weighted by Gasteiger charge is -2.17. The number of sulfone groups is 1. The molecular formula is C26H24Cl3NO6S. The Hall–Kier alpha value is -2.62. The monoisotopic (exact) mass is 583 g/mol. The first kappa shape index (κ1) is 28.9. The molecule has 3 aromatic rings. The predicted molar refractivity (Wildman–Crippen MR) is 143 cm³/mol. The van der Waals surface area contributed by atoms with E-state index in [2.05, 4.69) is 5.32 Å². The zero-order valence-electron chi connectivity index (χ0n) is 19.6. The number of aliphatic hydroxyl groups excluding tert-OH is 1. The molecule has 11 heteroatoms. The summed E-state index contributed by atoms with van der Waals surface area (Å²) in [7, 11) is -3.48. The molecule has 0 aliphatic heterocycles. The summed E-state index contributed by atoms with van der Waals surface area (Å²) < 4.78 is 23.6. The summed E-state index contributed by atoms with van der Waals surface area (Å²) in [6.45, 7) is 0. The highest BCUT2D eigenvalue weighted by Gasteiger charge is 2.25. The van der Waals surface area contributed by atoms with Crippen molar-refractivity contribution in [2.75, 3.05) is 6.26 Å². The number of aryl methyl sites for hydroxylation is 1. The van der Waals surface area contributed by atoms with Crippen LogP contribution in [0.25, 0.3) is 0 Å². The number of halogens is 3. The van der Waals surface area contributed by atoms with E-state index in [-0.39, 0.29) is 26.9 Å². The van der Waals surface area contributed by atoms with Crippen molar-refractivity contribution in [1.29, 1.82) is 0 Å². The van der Waals surface area contributed by atoms with Gasteiger partial charge in [-0.2, -0.15) is 0 Å². The normalized spacial score (nSPS) is 13.1. The predicted octanol–water partition coefficient (Wildman–Crippen LogP) is 5.14. The van der Waals surface area contributed by atoms with Gasteiger partial charge in [-0.05, 0) is 65.9 Å². The second-order valence-electron chi connectivity index (χ2n) is 8.53. The second-order valence-corrected chi connectivity index (χ2v) is 11.8. The van der Waals surface area contributed by atoms with Crippen molar-refractivity contribution >= 4 is 56.5 Å². The SMILES string of the molecule is CS(=O)(=O)c1cccc(C[C@H](NC(=O)c2c(Cl)cc(CCC(O)c3cccc(Cl)c3)cc2Cl)C(=O)O)c1. The van der Waals surface area contributed by atoms with Crippen molar-refractivity contribution in [3.05, 3.63) is 98.0 Å². The van der Waals surface area contributed by atoms with Gasteiger partial charge in [0, 0.05) is 17.7 Å². The fourth-order valence-electron chi connectivity index (χ4n) is 3.74. The van der Waals surface area contributed by atoms with E-state index in [9.17, 15) is 28.2 Å². The molecule has 196 valence electrons. The summed E-state index contributed by atoms with van der Waals surface area (Å²) >= 11 is 18.7. The Morgan fingerprint density at radius 1 is 0.946 bits per heavy atom. The van der Waals surface area contributed by atoms with Crippen LogP contribution in [0.2, 0.25) is 15.1 Å². The molecule has 0 aliphatic rings. The number of nitrogens with one attached hydrogen (secondary N) is 1. The quantitative estimate of drug-likeness (QED) is 0.303. The van der Waals surface area contributed by atoms with E-state index in [4.69, 9.17) is 34.8 Å². The van der Waals surface area contributed by atoms with Crippen molar-refractivity contribution in [2.45, 2.75) is 36.3 Å². The van der Waals surface area contributed by atoms with E-state index in [1.54, 1.807) is 42.5 Å². The van der Waals surface area contributed by atoms with Crippen molar-refractivity contribution in [3.8, 4) is 0 Å². The number of carbonyl (C=O) groups is 2. The summed E-state index contributed by atoms with van der Waals surface area (Å²) in [6, 6.07) is 14.5. The first-order valence-corrected chi connectivity index (χ1v) is 14.1. The molecular weight excluding hydrogens is 561 g/mol. The van der Waals surface area contributed by atoms with Crippen LogP contribution in [-0.4, -0.2) is 42.8 Å². The van der Waals surface area contributed by atoms with Crippen molar-refractivity contribution < 1.29 is 28.2 Å². The highest BCUT2D eigenvalue weighted by atomic mass is 35.5. The molecule has 0 saturated heterocycles. The van der Waals surface area contributed by atoms with Crippen LogP contribution >= 0.6 is 34.8 Å². The lowest BCUT2D eigenvalue weighted by molar-refractivity contribution is -0.139. The summed E-state index contributed by atoms with van der Waals surface area (Å²) in [6.07, 6.45) is 0.889. The van der Waals surface area contributed by atoms with Crippen molar-refractivity contribution in [2.24, 2.45) is 0 Å². The minimum atomic E-state index is -3.48. The molecule has 0 spiro atoms. The largest absolute Gasteiger partial charge is 0.480 e. The molecule has 1 unspecified atom stereocenters. The Kier molecular flexibility index (Phi) is 9.61. The Bertz CT molecular complexity index is 1400. The molecule has 3 rings (SSSR count). The van der Waals surface area contributed by atoms with E-state index >= 15 is 0 Å². The number of carboxylic acid groups (broad SMARTS) is 1. The third-order valence-electron chi connectivity index (χ3n) is 5.64. The molecule has 37 heavy (non-hydrogen) atoms. The number of benzene rings is 3. The van der Waals surface area contributed by atoms with E-state index in [1.165, 1.54) is 18.2 Å². The maximum absolute atomic E-state index is 12.9. The number of aliphatic hydroxyl groups is 1. The molecule has 3 N–H and O–H groups in total. The fourth-order valence-corrected chi connectivity index (χ4v) is 5.33. The van der Waals surface area contributed by atoms with Crippen molar-refractivity contribution in [3.63, 3.8) is 0 Å². The lowest BCUT2D eigenvalue weighted by Crippen LogP contribution is -2.42. The lowest BCUT2D eigenvalue weighted by atomic mass is 10.00. The van der Waals surface area contributed by atoms with Gasteiger partial charge in [-0.15, -0.1) is 0 Å². The van der Waals surface area contributed by atoms with Gasteiger partial charge in [0.15, 0.2) is 9.84 Å². The summed E-state index contributed by atoms with van der Waals surface area (Å²) in [5, 5.41) is 23.1. The van der Waals surface area contributed by atoms with Gasteiger partial charge >= 0.3 is 5.97 Å². The molecule has 0 radical (unpaired) electrons. The average Bonchev–Trinajstić information content (AvgIpc) is 2.81. The molecule has 0 aromatic heterocycles. The number of hydrogen-bond acceptors (Lipinski definition) is 5. The standard InChI is InChI=1S/C26H24Cl3NO6S/c1-37(35,36)19-7-2-4-15(10-19)13-22(26(33)34)30-25(32)24-20(28)11-16(12-21(24)29)8-9-23(31)17-5-3-6-18(27)14-17/h2-7,10-12,14,22-23,31H,8-9,13H2,1H3,(H,30,32)(H,33,34)/t22-,23?/m0/s1. The van der Waals surface area contributed by atoms with Crippen LogP contribution in [0, 0.1) is 0 Å². The minimum absolute atomic E-state index is 0.0282. The summed E-state index contributed by atoms with van der Waals surface area (Å²) in [5.74, 6) is -2.09. The van der Waals surface area contributed by atoms with Crippen LogP contribution in [0.15, 0.2) is 65.6 Å². The molecule has 2 atom stereocenters. The Labute approximate surface area is 229 Å². The van der Waals surface area contributed by atoms with Crippen LogP contribution < -0.4 is 5.32 Å². The average molecular weight is 585 g/mol. The van der Waals surface area contributed by atoms with E-state index in [0.717, 1.165) is 6.26 Å². The highest BCUT2D eigenvalue weighted by molar-refractivity contribution is 7.90. The highest BCUT2D eigenvalue weighted by Crippen LogP contribution is 2.29. The molecule has 0 fully saturated rings. The topological polar surface area (TPSA) is 121 Å². The maximum Gasteiger partial charge on any atom is 0.326 e. The molecule has 0 saturated carbocycles. The molecule has 3 aromatic carbocycles. The maximum atomic E-state index is 12.9. The van der Waals surface area contributed by atoms with Gasteiger partial charge < -0.3 is 15.5 Å². The third kappa shape index (κ3) is 7.93. The number of rotatable bonds is 10. The van der Waals surface area contributed by atoms with Crippen LogP contribution in [0.3, 0.4) is 0 Å². The van der Waals surface area contributed by atoms with Gasteiger partial charge in [0.05, 0.1) is 26.6 Å². The number of amides is 1. The Morgan fingerprint density at radius 2 is 1.59 bits per heavy atom. The van der Waals surface area contributed by atoms with E-state index in [0.29, 0.717) is 34.6 Å². The zero-order chi connectivity index (χ0) is 27.3. The zero-order valence-corrected chi connectivity index (χ0v) is 22.7. The summed E-state index contributed by atoms with van der Waals surface area (Å²) in [4.78, 5) is 24.8. The molecule has 1 amide bonds. The first-order chi connectivity index (χ1) is 17.3. The van der Waals surface area contributed by atoms with Crippen LogP contribution in [0.1, 0.15) is 39.6 Å². The molecule has 0 heterocycles.